The summed E-state index contributed by atoms with van der Waals surface area (Å²) in [5, 5.41) is 16.7. The summed E-state index contributed by atoms with van der Waals surface area (Å²) < 4.78 is 5.27. The Bertz CT molecular complexity index is 476. The highest BCUT2D eigenvalue weighted by molar-refractivity contribution is 5.81. The van der Waals surface area contributed by atoms with Gasteiger partial charge in [0.2, 0.25) is 5.91 Å². The minimum absolute atomic E-state index is 0.0310. The molecule has 2 N–H and O–H groups in total. The normalized spacial score (nSPS) is 22.7. The second-order valence-electron chi connectivity index (χ2n) is 5.97. The summed E-state index contributed by atoms with van der Waals surface area (Å²) >= 11 is 0. The largest absolute Gasteiger partial charge is 0.391 e. The van der Waals surface area contributed by atoms with Gasteiger partial charge in [0.1, 0.15) is 6.04 Å². The number of carbonyl (C=O) groups is 1. The monoisotopic (exact) mass is 279 g/mol. The first-order valence-corrected chi connectivity index (χ1v) is 7.47. The van der Waals surface area contributed by atoms with Gasteiger partial charge in [0.25, 0.3) is 5.89 Å². The van der Waals surface area contributed by atoms with Crippen LogP contribution in [0, 0.1) is 5.92 Å². The summed E-state index contributed by atoms with van der Waals surface area (Å²) in [6, 6.07) is -0.606. The Morgan fingerprint density at radius 1 is 1.35 bits per heavy atom. The van der Waals surface area contributed by atoms with Crippen LogP contribution < -0.4 is 5.32 Å². The number of hydrogen-bond donors (Lipinski definition) is 2. The number of rotatable bonds is 5. The Kier molecular flexibility index (Phi) is 3.74. The van der Waals surface area contributed by atoms with E-state index in [0.29, 0.717) is 17.6 Å². The van der Waals surface area contributed by atoms with Crippen LogP contribution in [-0.2, 0) is 4.79 Å². The van der Waals surface area contributed by atoms with E-state index in [1.807, 2.05) is 0 Å². The van der Waals surface area contributed by atoms with Gasteiger partial charge in [-0.3, -0.25) is 4.79 Å². The first kappa shape index (κ1) is 13.5. The number of aliphatic hydroxyl groups is 1. The molecule has 1 aromatic rings. The summed E-state index contributed by atoms with van der Waals surface area (Å²) in [4.78, 5) is 16.2. The van der Waals surface area contributed by atoms with Crippen LogP contribution in [0.25, 0.3) is 0 Å². The lowest BCUT2D eigenvalue weighted by atomic mass is 10.1. The first-order valence-electron chi connectivity index (χ1n) is 7.47. The predicted octanol–water partition coefficient (Wildman–Crippen LogP) is 1.68. The number of hydrogen-bond acceptors (Lipinski definition) is 5. The summed E-state index contributed by atoms with van der Waals surface area (Å²) in [7, 11) is 0. The molecule has 2 atom stereocenters. The zero-order chi connectivity index (χ0) is 14.1. The number of nitrogens with one attached hydrogen (secondary N) is 1. The van der Waals surface area contributed by atoms with Crippen molar-refractivity contribution >= 4 is 5.91 Å². The summed E-state index contributed by atoms with van der Waals surface area (Å²) in [5.41, 5.74) is 0. The van der Waals surface area contributed by atoms with Crippen molar-refractivity contribution in [3.05, 3.63) is 11.7 Å². The molecule has 0 aliphatic heterocycles. The van der Waals surface area contributed by atoms with Gasteiger partial charge in [-0.15, -0.1) is 0 Å². The number of amides is 1. The molecule has 2 saturated carbocycles. The maximum Gasteiger partial charge on any atom is 0.251 e. The van der Waals surface area contributed by atoms with Crippen molar-refractivity contribution in [1.82, 2.24) is 15.5 Å². The molecule has 2 aliphatic carbocycles. The van der Waals surface area contributed by atoms with Gasteiger partial charge >= 0.3 is 0 Å². The van der Waals surface area contributed by atoms with Crippen LogP contribution in [0.3, 0.4) is 0 Å². The van der Waals surface area contributed by atoms with E-state index in [-0.39, 0.29) is 11.8 Å². The van der Waals surface area contributed by atoms with Crippen LogP contribution in [0.15, 0.2) is 4.52 Å². The lowest BCUT2D eigenvalue weighted by Gasteiger charge is -2.17. The third kappa shape index (κ3) is 2.85. The lowest BCUT2D eigenvalue weighted by molar-refractivity contribution is -0.124. The van der Waals surface area contributed by atoms with Crippen molar-refractivity contribution in [3.63, 3.8) is 0 Å². The molecular weight excluding hydrogens is 258 g/mol. The average molecular weight is 279 g/mol. The third-order valence-electron chi connectivity index (χ3n) is 4.17. The quantitative estimate of drug-likeness (QED) is 0.856. The second kappa shape index (κ2) is 5.52. The van der Waals surface area contributed by atoms with Gasteiger partial charge in [-0.2, -0.15) is 4.98 Å². The smallest absolute Gasteiger partial charge is 0.251 e. The minimum atomic E-state index is -0.755. The van der Waals surface area contributed by atoms with Crippen molar-refractivity contribution in [3.8, 4) is 0 Å². The lowest BCUT2D eigenvalue weighted by Crippen LogP contribution is -2.36. The highest BCUT2D eigenvalue weighted by Crippen LogP contribution is 2.33. The number of carbonyl (C=O) groups excluding carboxylic acids is 1. The fraction of sp³-hybridized carbons (Fsp3) is 0.786. The van der Waals surface area contributed by atoms with Gasteiger partial charge in [0, 0.05) is 11.8 Å². The van der Waals surface area contributed by atoms with E-state index < -0.39 is 12.1 Å². The van der Waals surface area contributed by atoms with Crippen molar-refractivity contribution < 1.29 is 14.4 Å². The van der Waals surface area contributed by atoms with E-state index in [0.717, 1.165) is 25.7 Å². The third-order valence-corrected chi connectivity index (χ3v) is 4.17. The van der Waals surface area contributed by atoms with E-state index in [2.05, 4.69) is 15.5 Å². The minimum Gasteiger partial charge on any atom is -0.391 e. The van der Waals surface area contributed by atoms with E-state index in [9.17, 15) is 9.90 Å². The fourth-order valence-electron chi connectivity index (χ4n) is 2.73. The molecule has 0 bridgehead atoms. The molecule has 0 spiro atoms. The Morgan fingerprint density at radius 3 is 2.65 bits per heavy atom. The second-order valence-corrected chi connectivity index (χ2v) is 5.97. The molecule has 6 nitrogen and oxygen atoms in total. The molecule has 0 saturated heterocycles. The molecular formula is C14H21N3O3. The van der Waals surface area contributed by atoms with Gasteiger partial charge in [-0.1, -0.05) is 18.0 Å². The zero-order valence-corrected chi connectivity index (χ0v) is 11.7. The maximum atomic E-state index is 11.8. The van der Waals surface area contributed by atoms with Crippen LogP contribution >= 0.6 is 0 Å². The number of aromatic nitrogens is 2. The first-order chi connectivity index (χ1) is 9.65. The van der Waals surface area contributed by atoms with Gasteiger partial charge in [-0.05, 0) is 32.6 Å². The standard InChI is InChI=1S/C14H21N3O3/c1-8(18)11(15-13(19)10-6-7-10)14-16-12(17-20-14)9-4-2-3-5-9/h8-11,18H,2-7H2,1H3,(H,15,19)/t8-,11-/m1/s1. The molecule has 1 heterocycles. The van der Waals surface area contributed by atoms with Crippen LogP contribution in [0.5, 0.6) is 0 Å². The van der Waals surface area contributed by atoms with Gasteiger partial charge in [0.05, 0.1) is 6.10 Å². The van der Waals surface area contributed by atoms with Crippen LogP contribution in [0.1, 0.15) is 69.1 Å². The molecule has 20 heavy (non-hydrogen) atoms. The van der Waals surface area contributed by atoms with E-state index in [1.54, 1.807) is 6.92 Å². The summed E-state index contributed by atoms with van der Waals surface area (Å²) in [5.74, 6) is 1.45. The van der Waals surface area contributed by atoms with Gasteiger partial charge < -0.3 is 14.9 Å². The maximum absolute atomic E-state index is 11.8. The highest BCUT2D eigenvalue weighted by atomic mass is 16.5. The Morgan fingerprint density at radius 2 is 2.05 bits per heavy atom. The van der Waals surface area contributed by atoms with Crippen LogP contribution in [-0.4, -0.2) is 27.3 Å². The summed E-state index contributed by atoms with van der Waals surface area (Å²) in [6.07, 6.45) is 5.68. The fourth-order valence-corrected chi connectivity index (χ4v) is 2.73. The molecule has 0 aromatic carbocycles. The number of nitrogens with zero attached hydrogens (tertiary/aromatic N) is 2. The van der Waals surface area contributed by atoms with E-state index in [4.69, 9.17) is 4.52 Å². The van der Waals surface area contributed by atoms with Crippen LogP contribution in [0.4, 0.5) is 0 Å². The van der Waals surface area contributed by atoms with Crippen molar-refractivity contribution in [2.75, 3.05) is 0 Å². The SMILES string of the molecule is C[C@@H](O)[C@@H](NC(=O)C1CC1)c1nc(C2CCCC2)no1. The zero-order valence-electron chi connectivity index (χ0n) is 11.7. The molecule has 1 aromatic heterocycles. The molecule has 6 heteroatoms. The molecule has 3 rings (SSSR count). The Labute approximate surface area is 117 Å². The Balaban J connectivity index is 1.71. The predicted molar refractivity (Wildman–Crippen MR) is 70.8 cm³/mol. The molecule has 0 unspecified atom stereocenters. The molecule has 110 valence electrons. The topological polar surface area (TPSA) is 88.2 Å². The molecule has 0 radical (unpaired) electrons. The van der Waals surface area contributed by atoms with Crippen molar-refractivity contribution in [2.24, 2.45) is 5.92 Å². The molecule has 2 fully saturated rings. The van der Waals surface area contributed by atoms with Gasteiger partial charge in [-0.25, -0.2) is 0 Å². The highest BCUT2D eigenvalue weighted by Gasteiger charge is 2.34. The van der Waals surface area contributed by atoms with Crippen molar-refractivity contribution in [1.29, 1.82) is 0 Å². The van der Waals surface area contributed by atoms with Crippen molar-refractivity contribution in [2.45, 2.75) is 63.5 Å². The summed E-state index contributed by atoms with van der Waals surface area (Å²) in [6.45, 7) is 1.62. The van der Waals surface area contributed by atoms with E-state index >= 15 is 0 Å². The molecule has 1 amide bonds. The van der Waals surface area contributed by atoms with E-state index in [1.165, 1.54) is 12.8 Å². The van der Waals surface area contributed by atoms with Crippen LogP contribution in [0.2, 0.25) is 0 Å². The number of aliphatic hydroxyl groups excluding tert-OH is 1. The van der Waals surface area contributed by atoms with Gasteiger partial charge in [0.15, 0.2) is 5.82 Å². The molecule has 2 aliphatic rings. The average Bonchev–Trinajstić information content (AvgIpc) is 2.93. The Hall–Kier alpha value is -1.43.